The number of carbonyl (C=O) groups is 2. The summed E-state index contributed by atoms with van der Waals surface area (Å²) < 4.78 is 0. The minimum atomic E-state index is -0.568. The second kappa shape index (κ2) is 5.06. The Morgan fingerprint density at radius 3 is 1.48 bits per heavy atom. The van der Waals surface area contributed by atoms with E-state index < -0.39 is 17.2 Å². The molecule has 0 atom stereocenters. The van der Waals surface area contributed by atoms with E-state index in [1.165, 1.54) is 0 Å². The molecule has 112 valence electrons. The highest BCUT2D eigenvalue weighted by Crippen LogP contribution is 2.44. The van der Waals surface area contributed by atoms with Gasteiger partial charge in [0.1, 0.15) is 28.4 Å². The molecule has 3 N–H and O–H groups in total. The molecule has 5 nitrogen and oxygen atoms in total. The van der Waals surface area contributed by atoms with Gasteiger partial charge in [-0.1, -0.05) is 12.8 Å². The Balaban J connectivity index is 2.03. The first-order chi connectivity index (χ1) is 10.0. The quantitative estimate of drug-likeness (QED) is 0.741. The van der Waals surface area contributed by atoms with Gasteiger partial charge in [0.25, 0.3) is 0 Å². The molecule has 3 rings (SSSR count). The fraction of sp³-hybridized carbons (Fsp3) is 0.500. The molecule has 0 radical (unpaired) electrons. The second-order valence-electron chi connectivity index (χ2n) is 6.00. The molecule has 1 aromatic carbocycles. The zero-order chi connectivity index (χ0) is 15.1. The first kappa shape index (κ1) is 13.9. The van der Waals surface area contributed by atoms with Crippen LogP contribution in [0.3, 0.4) is 0 Å². The molecule has 5 heteroatoms. The third-order valence-corrected chi connectivity index (χ3v) is 4.70. The van der Waals surface area contributed by atoms with Gasteiger partial charge in [0.05, 0.1) is 0 Å². The molecule has 0 heterocycles. The largest absolute Gasteiger partial charge is 0.507 e. The lowest BCUT2D eigenvalue weighted by Crippen LogP contribution is -2.24. The van der Waals surface area contributed by atoms with Gasteiger partial charge >= 0.3 is 0 Å². The number of Topliss-reactive ketones (excluding diaryl/α,β-unsaturated/α-hetero) is 2. The Labute approximate surface area is 122 Å². The normalized spacial score (nSPS) is 18.9. The summed E-state index contributed by atoms with van der Waals surface area (Å²) in [5, 5.41) is 30.0. The van der Waals surface area contributed by atoms with Gasteiger partial charge in [-0.05, 0) is 25.7 Å². The highest BCUT2D eigenvalue weighted by molar-refractivity contribution is 6.10. The Morgan fingerprint density at radius 1 is 0.810 bits per heavy atom. The number of phenols is 3. The van der Waals surface area contributed by atoms with E-state index in [2.05, 4.69) is 0 Å². The first-order valence-electron chi connectivity index (χ1n) is 7.37. The summed E-state index contributed by atoms with van der Waals surface area (Å²) in [6.07, 6.45) is 4.80. The molecule has 0 unspecified atom stereocenters. The predicted molar refractivity (Wildman–Crippen MR) is 74.8 cm³/mol. The van der Waals surface area contributed by atoms with E-state index in [9.17, 15) is 24.9 Å². The summed E-state index contributed by atoms with van der Waals surface area (Å²) in [7, 11) is 0. The summed E-state index contributed by atoms with van der Waals surface area (Å²) in [5.41, 5.74) is -0.444. The molecule has 0 bridgehead atoms. The van der Waals surface area contributed by atoms with E-state index >= 15 is 0 Å². The Hall–Kier alpha value is -2.04. The number of rotatable bonds is 4. The zero-order valence-electron chi connectivity index (χ0n) is 11.6. The van der Waals surface area contributed by atoms with Gasteiger partial charge in [-0.3, -0.25) is 9.59 Å². The van der Waals surface area contributed by atoms with E-state index in [0.717, 1.165) is 44.6 Å². The van der Waals surface area contributed by atoms with Crippen LogP contribution in [0.15, 0.2) is 6.07 Å². The molecule has 0 saturated heterocycles. The van der Waals surface area contributed by atoms with Crippen LogP contribution in [0, 0.1) is 11.8 Å². The molecule has 0 aliphatic heterocycles. The van der Waals surface area contributed by atoms with Gasteiger partial charge in [0, 0.05) is 17.9 Å². The van der Waals surface area contributed by atoms with Crippen molar-refractivity contribution in [1.82, 2.24) is 0 Å². The monoisotopic (exact) mass is 290 g/mol. The van der Waals surface area contributed by atoms with E-state index in [-0.39, 0.29) is 34.5 Å². The van der Waals surface area contributed by atoms with E-state index in [1.54, 1.807) is 0 Å². The van der Waals surface area contributed by atoms with E-state index in [1.807, 2.05) is 0 Å². The van der Waals surface area contributed by atoms with Gasteiger partial charge in [-0.25, -0.2) is 0 Å². The minimum absolute atomic E-state index is 0.210. The van der Waals surface area contributed by atoms with Crippen LogP contribution in [0.25, 0.3) is 0 Å². The molecule has 0 aromatic heterocycles. The van der Waals surface area contributed by atoms with Crippen molar-refractivity contribution in [3.05, 3.63) is 17.2 Å². The fourth-order valence-corrected chi connectivity index (χ4v) is 2.88. The van der Waals surface area contributed by atoms with Gasteiger partial charge in [-0.2, -0.15) is 0 Å². The highest BCUT2D eigenvalue weighted by Gasteiger charge is 2.36. The van der Waals surface area contributed by atoms with E-state index in [0.29, 0.717) is 0 Å². The van der Waals surface area contributed by atoms with Crippen molar-refractivity contribution in [3.8, 4) is 17.2 Å². The molecule has 2 saturated carbocycles. The molecular weight excluding hydrogens is 272 g/mol. The smallest absolute Gasteiger partial charge is 0.173 e. The zero-order valence-corrected chi connectivity index (χ0v) is 11.6. The average Bonchev–Trinajstić information content (AvgIpc) is 2.22. The third kappa shape index (κ3) is 2.17. The summed E-state index contributed by atoms with van der Waals surface area (Å²) in [4.78, 5) is 24.6. The van der Waals surface area contributed by atoms with Gasteiger partial charge in [-0.15, -0.1) is 0 Å². The SMILES string of the molecule is O=C(c1c(O)cc(O)c(C(=O)C2CCC2)c1O)C1CCC1. The maximum absolute atomic E-state index is 12.3. The van der Waals surface area contributed by atoms with Crippen molar-refractivity contribution in [2.45, 2.75) is 38.5 Å². The van der Waals surface area contributed by atoms with Crippen LogP contribution in [-0.2, 0) is 0 Å². The minimum Gasteiger partial charge on any atom is -0.507 e. The molecule has 0 spiro atoms. The lowest BCUT2D eigenvalue weighted by molar-refractivity contribution is 0.0844. The second-order valence-corrected chi connectivity index (χ2v) is 6.00. The summed E-state index contributed by atoms with van der Waals surface area (Å²) in [6.45, 7) is 0. The van der Waals surface area contributed by atoms with Gasteiger partial charge < -0.3 is 15.3 Å². The Kier molecular flexibility index (Phi) is 3.35. The molecular formula is C16H18O5. The standard InChI is InChI=1S/C16H18O5/c17-10-7-11(18)13(15(20)9-5-2-6-9)16(21)12(10)14(19)8-3-1-4-8/h7-9,17-18,21H,1-6H2. The molecule has 2 aliphatic carbocycles. The lowest BCUT2D eigenvalue weighted by atomic mass is 9.77. The number of hydrogen-bond donors (Lipinski definition) is 3. The summed E-state index contributed by atoms with van der Waals surface area (Å²) >= 11 is 0. The van der Waals surface area contributed by atoms with Crippen LogP contribution in [0.4, 0.5) is 0 Å². The Morgan fingerprint density at radius 2 is 1.19 bits per heavy atom. The number of carbonyl (C=O) groups excluding carboxylic acids is 2. The van der Waals surface area contributed by atoms with E-state index in [4.69, 9.17) is 0 Å². The fourth-order valence-electron chi connectivity index (χ4n) is 2.88. The predicted octanol–water partition coefficient (Wildman–Crippen LogP) is 2.77. The number of hydrogen-bond acceptors (Lipinski definition) is 5. The van der Waals surface area contributed by atoms with Crippen molar-refractivity contribution in [2.24, 2.45) is 11.8 Å². The number of benzene rings is 1. The van der Waals surface area contributed by atoms with Crippen molar-refractivity contribution in [1.29, 1.82) is 0 Å². The van der Waals surface area contributed by atoms with Crippen LogP contribution < -0.4 is 0 Å². The third-order valence-electron chi connectivity index (χ3n) is 4.70. The highest BCUT2D eigenvalue weighted by atomic mass is 16.3. The molecule has 21 heavy (non-hydrogen) atoms. The maximum Gasteiger partial charge on any atom is 0.173 e. The summed E-state index contributed by atoms with van der Waals surface area (Å²) in [5.74, 6) is -2.62. The van der Waals surface area contributed by atoms with Crippen LogP contribution >= 0.6 is 0 Å². The van der Waals surface area contributed by atoms with Gasteiger partial charge in [0.15, 0.2) is 11.6 Å². The number of ketones is 2. The lowest BCUT2D eigenvalue weighted by Gasteiger charge is -2.27. The molecule has 0 amide bonds. The summed E-state index contributed by atoms with van der Waals surface area (Å²) in [6, 6.07) is 0.984. The molecule has 1 aromatic rings. The topological polar surface area (TPSA) is 94.8 Å². The van der Waals surface area contributed by atoms with Crippen molar-refractivity contribution < 1.29 is 24.9 Å². The first-order valence-corrected chi connectivity index (χ1v) is 7.37. The van der Waals surface area contributed by atoms with Crippen molar-refractivity contribution in [3.63, 3.8) is 0 Å². The maximum atomic E-state index is 12.3. The average molecular weight is 290 g/mol. The van der Waals surface area contributed by atoms with Gasteiger partial charge in [0.2, 0.25) is 0 Å². The number of phenolic OH excluding ortho intramolecular Hbond substituents is 3. The molecule has 2 fully saturated rings. The molecule has 2 aliphatic rings. The van der Waals surface area contributed by atoms with Crippen molar-refractivity contribution in [2.75, 3.05) is 0 Å². The van der Waals surface area contributed by atoms with Crippen LogP contribution in [0.1, 0.15) is 59.2 Å². The van der Waals surface area contributed by atoms with Crippen LogP contribution in [0.5, 0.6) is 17.2 Å². The van der Waals surface area contributed by atoms with Crippen LogP contribution in [-0.4, -0.2) is 26.9 Å². The van der Waals surface area contributed by atoms with Crippen molar-refractivity contribution >= 4 is 11.6 Å². The number of aromatic hydroxyl groups is 3. The Bertz CT molecular complexity index is 561. The van der Waals surface area contributed by atoms with Crippen LogP contribution in [0.2, 0.25) is 0 Å².